The standard InChI is InChI=1S/C25H32F3N7O4/c26-25(27,28)39-21-4-2-1-3-18(21)13-31-24-32-14-20(35(37)38)23(33-24)30-12-16-5-7-19(8-6-16)34-10-9-17(15-34)11-22(29)36/h1-4,14,16-17,19H,5-13,15H2,(H2,29,36)(H2,30,31,32,33)/t16?,17-,19?/m0/s1. The van der Waals surface area contributed by atoms with Crippen molar-refractivity contribution < 1.29 is 27.6 Å². The molecular formula is C25H32F3N7O4. The number of alkyl halides is 3. The molecule has 39 heavy (non-hydrogen) atoms. The molecule has 1 saturated heterocycles. The van der Waals surface area contributed by atoms with E-state index < -0.39 is 11.3 Å². The van der Waals surface area contributed by atoms with Crippen LogP contribution in [0.3, 0.4) is 0 Å². The quantitative estimate of drug-likeness (QED) is 0.278. The van der Waals surface area contributed by atoms with Gasteiger partial charge in [0.15, 0.2) is 0 Å². The van der Waals surface area contributed by atoms with Crippen LogP contribution >= 0.6 is 0 Å². The Morgan fingerprint density at radius 3 is 2.59 bits per heavy atom. The molecule has 2 heterocycles. The zero-order valence-electron chi connectivity index (χ0n) is 21.3. The minimum absolute atomic E-state index is 0.0353. The Morgan fingerprint density at radius 2 is 1.90 bits per heavy atom. The lowest BCUT2D eigenvalue weighted by Crippen LogP contribution is -2.37. The van der Waals surface area contributed by atoms with E-state index in [0.717, 1.165) is 51.4 Å². The number of nitrogens with zero attached hydrogens (tertiary/aromatic N) is 4. The van der Waals surface area contributed by atoms with E-state index in [-0.39, 0.29) is 41.2 Å². The van der Waals surface area contributed by atoms with Crippen molar-refractivity contribution in [3.8, 4) is 5.75 Å². The minimum atomic E-state index is -4.84. The lowest BCUT2D eigenvalue weighted by Gasteiger charge is -2.34. The summed E-state index contributed by atoms with van der Waals surface area (Å²) < 4.78 is 42.1. The predicted molar refractivity (Wildman–Crippen MR) is 137 cm³/mol. The van der Waals surface area contributed by atoms with Gasteiger partial charge in [-0.1, -0.05) is 18.2 Å². The number of nitrogens with one attached hydrogen (secondary N) is 2. The lowest BCUT2D eigenvalue weighted by atomic mass is 9.85. The van der Waals surface area contributed by atoms with Gasteiger partial charge in [-0.15, -0.1) is 13.2 Å². The van der Waals surface area contributed by atoms with E-state index in [9.17, 15) is 28.1 Å². The van der Waals surface area contributed by atoms with Crippen LogP contribution in [0.25, 0.3) is 0 Å². The molecule has 0 spiro atoms. The summed E-state index contributed by atoms with van der Waals surface area (Å²) >= 11 is 0. The molecule has 4 rings (SSSR count). The van der Waals surface area contributed by atoms with E-state index >= 15 is 0 Å². The third-order valence-electron chi connectivity index (χ3n) is 7.30. The van der Waals surface area contributed by atoms with Crippen LogP contribution in [-0.4, -0.2) is 57.7 Å². The number of para-hydroxylation sites is 1. The molecule has 1 aromatic carbocycles. The van der Waals surface area contributed by atoms with E-state index in [1.54, 1.807) is 6.07 Å². The second-order valence-corrected chi connectivity index (χ2v) is 10.1. The van der Waals surface area contributed by atoms with Gasteiger partial charge in [0, 0.05) is 37.7 Å². The van der Waals surface area contributed by atoms with Gasteiger partial charge in [-0.05, 0) is 56.6 Å². The number of ether oxygens (including phenoxy) is 1. The number of carbonyl (C=O) groups excluding carboxylic acids is 1. The highest BCUT2D eigenvalue weighted by Crippen LogP contribution is 2.33. The second-order valence-electron chi connectivity index (χ2n) is 10.1. The Labute approximate surface area is 223 Å². The van der Waals surface area contributed by atoms with Crippen LogP contribution in [-0.2, 0) is 11.3 Å². The summed E-state index contributed by atoms with van der Waals surface area (Å²) in [7, 11) is 0. The second kappa shape index (κ2) is 12.5. The molecule has 2 aliphatic rings. The molecule has 11 nitrogen and oxygen atoms in total. The molecule has 4 N–H and O–H groups in total. The van der Waals surface area contributed by atoms with Gasteiger partial charge in [-0.2, -0.15) is 4.98 Å². The van der Waals surface area contributed by atoms with Crippen molar-refractivity contribution in [3.05, 3.63) is 46.1 Å². The van der Waals surface area contributed by atoms with Gasteiger partial charge in [0.1, 0.15) is 11.9 Å². The first-order valence-corrected chi connectivity index (χ1v) is 12.9. The molecule has 0 unspecified atom stereocenters. The van der Waals surface area contributed by atoms with Crippen molar-refractivity contribution in [1.29, 1.82) is 0 Å². The van der Waals surface area contributed by atoms with Gasteiger partial charge < -0.3 is 26.0 Å². The maximum atomic E-state index is 12.7. The van der Waals surface area contributed by atoms with Crippen LogP contribution in [0.1, 0.15) is 44.1 Å². The Balaban J connectivity index is 1.31. The predicted octanol–water partition coefficient (Wildman–Crippen LogP) is 4.06. The molecule has 1 amide bonds. The first kappa shape index (κ1) is 28.3. The highest BCUT2D eigenvalue weighted by Gasteiger charge is 2.33. The fourth-order valence-electron chi connectivity index (χ4n) is 5.37. The van der Waals surface area contributed by atoms with Crippen LogP contribution in [0, 0.1) is 22.0 Å². The maximum Gasteiger partial charge on any atom is 0.573 e. The molecule has 1 aromatic heterocycles. The molecule has 1 aliphatic carbocycles. The Kier molecular flexibility index (Phi) is 9.04. The zero-order valence-corrected chi connectivity index (χ0v) is 21.3. The van der Waals surface area contributed by atoms with Gasteiger partial charge >= 0.3 is 12.0 Å². The molecule has 212 valence electrons. The number of hydrogen-bond donors (Lipinski definition) is 3. The smallest absolute Gasteiger partial charge is 0.405 e. The summed E-state index contributed by atoms with van der Waals surface area (Å²) in [6, 6.07) is 6.13. The number of primary amides is 1. The van der Waals surface area contributed by atoms with Crippen molar-refractivity contribution >= 4 is 23.4 Å². The van der Waals surface area contributed by atoms with Gasteiger partial charge in [-0.25, -0.2) is 4.98 Å². The molecule has 1 atom stereocenters. The highest BCUT2D eigenvalue weighted by atomic mass is 19.4. The average Bonchev–Trinajstić information content (AvgIpc) is 3.34. The van der Waals surface area contributed by atoms with Gasteiger partial charge in [0.2, 0.25) is 17.7 Å². The molecule has 1 aliphatic heterocycles. The fourth-order valence-corrected chi connectivity index (χ4v) is 5.37. The van der Waals surface area contributed by atoms with Crippen LogP contribution in [0.5, 0.6) is 5.75 Å². The first-order valence-electron chi connectivity index (χ1n) is 12.9. The number of amides is 1. The summed E-state index contributed by atoms with van der Waals surface area (Å²) in [6.45, 7) is 2.29. The van der Waals surface area contributed by atoms with Crippen molar-refractivity contribution in [2.45, 2.75) is 57.5 Å². The number of rotatable bonds is 11. The molecule has 14 heteroatoms. The van der Waals surface area contributed by atoms with E-state index in [4.69, 9.17) is 5.73 Å². The van der Waals surface area contributed by atoms with Crippen LogP contribution < -0.4 is 21.1 Å². The Hall–Kier alpha value is -3.68. The normalized spacial score (nSPS) is 21.9. The van der Waals surface area contributed by atoms with E-state index in [2.05, 4.69) is 30.2 Å². The van der Waals surface area contributed by atoms with E-state index in [1.807, 2.05) is 0 Å². The minimum Gasteiger partial charge on any atom is -0.405 e. The van der Waals surface area contributed by atoms with Crippen molar-refractivity contribution in [2.75, 3.05) is 30.3 Å². The fraction of sp³-hybridized carbons (Fsp3) is 0.560. The number of carbonyl (C=O) groups is 1. The van der Waals surface area contributed by atoms with E-state index in [0.29, 0.717) is 30.8 Å². The van der Waals surface area contributed by atoms with Crippen LogP contribution in [0.4, 0.5) is 30.6 Å². The van der Waals surface area contributed by atoms with Crippen molar-refractivity contribution in [3.63, 3.8) is 0 Å². The molecule has 2 aromatic rings. The van der Waals surface area contributed by atoms with Crippen molar-refractivity contribution in [1.82, 2.24) is 14.9 Å². The van der Waals surface area contributed by atoms with Gasteiger partial charge in [0.25, 0.3) is 0 Å². The summed E-state index contributed by atoms with van der Waals surface area (Å²) in [5, 5.41) is 17.4. The monoisotopic (exact) mass is 551 g/mol. The molecule has 2 fully saturated rings. The summed E-state index contributed by atoms with van der Waals surface area (Å²) in [5.74, 6) is 0.109. The lowest BCUT2D eigenvalue weighted by molar-refractivity contribution is -0.384. The largest absolute Gasteiger partial charge is 0.573 e. The highest BCUT2D eigenvalue weighted by molar-refractivity contribution is 5.74. The molecular weight excluding hydrogens is 519 g/mol. The third kappa shape index (κ3) is 8.15. The third-order valence-corrected chi connectivity index (χ3v) is 7.30. The van der Waals surface area contributed by atoms with E-state index in [1.165, 1.54) is 18.2 Å². The topological polar surface area (TPSA) is 149 Å². The molecule has 0 radical (unpaired) electrons. The molecule has 1 saturated carbocycles. The number of nitrogens with two attached hydrogens (primary N) is 1. The number of likely N-dealkylation sites (tertiary alicyclic amines) is 1. The molecule has 0 bridgehead atoms. The van der Waals surface area contributed by atoms with Gasteiger partial charge in [-0.3, -0.25) is 14.9 Å². The number of benzene rings is 1. The number of anilines is 2. The van der Waals surface area contributed by atoms with Crippen molar-refractivity contribution in [2.24, 2.45) is 17.6 Å². The summed E-state index contributed by atoms with van der Waals surface area (Å²) in [4.78, 5) is 32.8. The zero-order chi connectivity index (χ0) is 28.0. The number of aromatic nitrogens is 2. The summed E-state index contributed by atoms with van der Waals surface area (Å²) in [5.41, 5.74) is 5.28. The SMILES string of the molecule is NC(=O)C[C@@H]1CCN(C2CCC(CNc3nc(NCc4ccccc4OC(F)(F)F)ncc3[N+](=O)[O-])CC2)C1. The first-order chi connectivity index (χ1) is 18.6. The average molecular weight is 552 g/mol. The van der Waals surface area contributed by atoms with Crippen LogP contribution in [0.15, 0.2) is 30.5 Å². The Morgan fingerprint density at radius 1 is 1.15 bits per heavy atom. The Bertz CT molecular complexity index is 1160. The number of halogens is 3. The summed E-state index contributed by atoms with van der Waals surface area (Å²) in [6.07, 6.45) is 1.57. The number of hydrogen-bond acceptors (Lipinski definition) is 9. The maximum absolute atomic E-state index is 12.7. The number of nitro groups is 1. The van der Waals surface area contributed by atoms with Crippen LogP contribution in [0.2, 0.25) is 0 Å². The van der Waals surface area contributed by atoms with Gasteiger partial charge in [0.05, 0.1) is 4.92 Å².